The molecule has 0 radical (unpaired) electrons. The molecule has 13 rings (SSSR count). The number of nitrogens with zero attached hydrogens (tertiary/aromatic N) is 2. The van der Waals surface area contributed by atoms with Crippen LogP contribution in [0.15, 0.2) is 285 Å². The van der Waals surface area contributed by atoms with E-state index in [1.54, 1.807) is 0 Å². The van der Waals surface area contributed by atoms with Crippen molar-refractivity contribution < 1.29 is 0 Å². The molecule has 0 saturated carbocycles. The number of hydrogen-bond acceptors (Lipinski definition) is 2. The van der Waals surface area contributed by atoms with Crippen LogP contribution in [0.25, 0.3) is 88.0 Å². The van der Waals surface area contributed by atoms with Gasteiger partial charge in [0.05, 0.1) is 22.7 Å². The first kappa shape index (κ1) is 43.5. The third-order valence-corrected chi connectivity index (χ3v) is 14.5. The van der Waals surface area contributed by atoms with Gasteiger partial charge in [-0.2, -0.15) is 0 Å². The van der Waals surface area contributed by atoms with E-state index in [1.807, 2.05) is 0 Å². The molecule has 2 nitrogen and oxygen atoms in total. The molecule has 0 aromatic heterocycles. The molecule has 13 aromatic carbocycles. The van der Waals surface area contributed by atoms with Crippen molar-refractivity contribution in [3.63, 3.8) is 0 Å². The molecule has 73 heavy (non-hydrogen) atoms. The van der Waals surface area contributed by atoms with Crippen molar-refractivity contribution in [3.8, 4) is 55.6 Å². The van der Waals surface area contributed by atoms with E-state index in [0.717, 1.165) is 45.3 Å². The molecule has 0 bridgehead atoms. The van der Waals surface area contributed by atoms with E-state index < -0.39 is 0 Å². The fourth-order valence-electron chi connectivity index (χ4n) is 11.1. The first-order valence-corrected chi connectivity index (χ1v) is 25.2. The van der Waals surface area contributed by atoms with Crippen LogP contribution in [-0.2, 0) is 0 Å². The Hall–Kier alpha value is -9.50. The maximum Gasteiger partial charge on any atom is 0.0540 e. The van der Waals surface area contributed by atoms with Gasteiger partial charge >= 0.3 is 0 Å². The van der Waals surface area contributed by atoms with Crippen LogP contribution in [0, 0.1) is 6.92 Å². The Morgan fingerprint density at radius 1 is 0.219 bits per heavy atom. The lowest BCUT2D eigenvalue weighted by Gasteiger charge is -2.30. The molecule has 0 N–H and O–H groups in total. The summed E-state index contributed by atoms with van der Waals surface area (Å²) < 4.78 is 0. The lowest BCUT2D eigenvalue weighted by atomic mass is 9.86. The van der Waals surface area contributed by atoms with Crippen molar-refractivity contribution in [2.24, 2.45) is 0 Å². The zero-order chi connectivity index (χ0) is 48.7. The normalized spacial score (nSPS) is 11.4. The van der Waals surface area contributed by atoms with E-state index in [2.05, 4.69) is 302 Å². The van der Waals surface area contributed by atoms with E-state index in [9.17, 15) is 0 Å². The molecule has 0 unspecified atom stereocenters. The second-order valence-electron chi connectivity index (χ2n) is 18.9. The highest BCUT2D eigenvalue weighted by molar-refractivity contribution is 6.28. The lowest BCUT2D eigenvalue weighted by molar-refractivity contribution is 1.28. The molecule has 0 saturated heterocycles. The highest BCUT2D eigenvalue weighted by atomic mass is 15.2. The summed E-state index contributed by atoms with van der Waals surface area (Å²) in [5.74, 6) is 0. The van der Waals surface area contributed by atoms with Gasteiger partial charge in [0.15, 0.2) is 0 Å². The maximum atomic E-state index is 2.45. The average molecular weight is 931 g/mol. The fourth-order valence-corrected chi connectivity index (χ4v) is 11.1. The van der Waals surface area contributed by atoms with Crippen molar-refractivity contribution in [1.82, 2.24) is 0 Å². The smallest absolute Gasteiger partial charge is 0.0540 e. The number of benzene rings is 13. The van der Waals surface area contributed by atoms with Crippen LogP contribution < -0.4 is 9.80 Å². The highest BCUT2D eigenvalue weighted by Crippen LogP contribution is 2.50. The van der Waals surface area contributed by atoms with Gasteiger partial charge in [-0.3, -0.25) is 0 Å². The summed E-state index contributed by atoms with van der Waals surface area (Å²) in [4.78, 5) is 4.90. The Morgan fingerprint density at radius 2 is 0.534 bits per heavy atom. The van der Waals surface area contributed by atoms with E-state index >= 15 is 0 Å². The Bertz CT molecular complexity index is 4070. The van der Waals surface area contributed by atoms with Crippen LogP contribution in [0.4, 0.5) is 34.1 Å². The second kappa shape index (κ2) is 18.7. The largest absolute Gasteiger partial charge is 0.309 e. The Labute approximate surface area is 427 Å². The van der Waals surface area contributed by atoms with Gasteiger partial charge in [0.1, 0.15) is 0 Å². The molecular formula is C71H50N2. The summed E-state index contributed by atoms with van der Waals surface area (Å²) in [5.41, 5.74) is 19.7. The molecule has 2 heteroatoms. The van der Waals surface area contributed by atoms with E-state index in [0.29, 0.717) is 0 Å². The standard InChI is InChI=1S/C71H50N2/c1-49-33-41-56(42-34-49)72(66-29-15-11-25-58(66)52-21-7-3-8-22-52)68-31-17-13-27-62(68)60-45-37-54-40-48-65-61(46-38-55-39-47-64(60)70(54)71(55)65)63-28-14-18-32-69(63)73(57-43-35-51(36-44-57)50-19-5-2-6-20-50)67-30-16-12-26-59(67)53-23-9-4-10-24-53/h2-48H,1H3. The molecule has 0 spiro atoms. The monoisotopic (exact) mass is 930 g/mol. The van der Waals surface area contributed by atoms with E-state index in [1.165, 1.54) is 82.4 Å². The zero-order valence-corrected chi connectivity index (χ0v) is 40.5. The summed E-state index contributed by atoms with van der Waals surface area (Å²) in [5, 5.41) is 7.45. The first-order chi connectivity index (χ1) is 36.2. The van der Waals surface area contributed by atoms with Crippen molar-refractivity contribution in [3.05, 3.63) is 291 Å². The van der Waals surface area contributed by atoms with Crippen LogP contribution >= 0.6 is 0 Å². The molecule has 0 atom stereocenters. The van der Waals surface area contributed by atoms with Gasteiger partial charge in [-0.25, -0.2) is 0 Å². The summed E-state index contributed by atoms with van der Waals surface area (Å²) in [6, 6.07) is 104. The molecule has 344 valence electrons. The first-order valence-electron chi connectivity index (χ1n) is 25.2. The van der Waals surface area contributed by atoms with Gasteiger partial charge in [0, 0.05) is 33.6 Å². The number of hydrogen-bond donors (Lipinski definition) is 0. The molecule has 0 aliphatic heterocycles. The van der Waals surface area contributed by atoms with Gasteiger partial charge in [0.25, 0.3) is 0 Å². The predicted molar refractivity (Wildman–Crippen MR) is 311 cm³/mol. The number of para-hydroxylation sites is 4. The van der Waals surface area contributed by atoms with Gasteiger partial charge in [-0.05, 0) is 121 Å². The maximum absolute atomic E-state index is 2.45. The SMILES string of the molecule is Cc1ccc(N(c2ccccc2-c2ccccc2)c2ccccc2-c2ccc3ccc4c(-c5ccccc5N(c5ccc(-c6ccccc6)cc5)c5ccccc5-c5ccccc5)ccc5ccc2c3c54)cc1. The van der Waals surface area contributed by atoms with Gasteiger partial charge in [0.2, 0.25) is 0 Å². The minimum absolute atomic E-state index is 1.09. The fraction of sp³-hybridized carbons (Fsp3) is 0.0141. The molecule has 0 aliphatic rings. The molecule has 13 aromatic rings. The quantitative estimate of drug-likeness (QED) is 0.119. The summed E-state index contributed by atoms with van der Waals surface area (Å²) in [6.45, 7) is 2.15. The molecule has 0 fully saturated rings. The van der Waals surface area contributed by atoms with E-state index in [4.69, 9.17) is 0 Å². The topological polar surface area (TPSA) is 6.48 Å². The summed E-state index contributed by atoms with van der Waals surface area (Å²) in [6.07, 6.45) is 0. The molecule has 0 heterocycles. The summed E-state index contributed by atoms with van der Waals surface area (Å²) >= 11 is 0. The van der Waals surface area contributed by atoms with Crippen LogP contribution in [0.5, 0.6) is 0 Å². The summed E-state index contributed by atoms with van der Waals surface area (Å²) in [7, 11) is 0. The Morgan fingerprint density at radius 3 is 0.959 bits per heavy atom. The Kier molecular flexibility index (Phi) is 11.1. The van der Waals surface area contributed by atoms with Gasteiger partial charge in [-0.15, -0.1) is 0 Å². The highest BCUT2D eigenvalue weighted by Gasteiger charge is 2.25. The third kappa shape index (κ3) is 7.87. The van der Waals surface area contributed by atoms with Crippen LogP contribution in [-0.4, -0.2) is 0 Å². The van der Waals surface area contributed by atoms with Crippen LogP contribution in [0.1, 0.15) is 5.56 Å². The lowest BCUT2D eigenvalue weighted by Crippen LogP contribution is -2.12. The molecule has 0 aliphatic carbocycles. The van der Waals surface area contributed by atoms with Gasteiger partial charge < -0.3 is 9.80 Å². The van der Waals surface area contributed by atoms with Crippen LogP contribution in [0.2, 0.25) is 0 Å². The van der Waals surface area contributed by atoms with Crippen molar-refractivity contribution in [2.75, 3.05) is 9.80 Å². The van der Waals surface area contributed by atoms with Crippen molar-refractivity contribution in [2.45, 2.75) is 6.92 Å². The van der Waals surface area contributed by atoms with Gasteiger partial charge in [-0.1, -0.05) is 242 Å². The predicted octanol–water partition coefficient (Wildman–Crippen LogP) is 20.2. The third-order valence-electron chi connectivity index (χ3n) is 14.5. The minimum atomic E-state index is 1.09. The number of anilines is 6. The average Bonchev–Trinajstić information content (AvgIpc) is 3.47. The van der Waals surface area contributed by atoms with E-state index in [-0.39, 0.29) is 0 Å². The Balaban J connectivity index is 0.999. The number of rotatable bonds is 11. The minimum Gasteiger partial charge on any atom is -0.309 e. The van der Waals surface area contributed by atoms with Crippen molar-refractivity contribution >= 4 is 66.4 Å². The molecule has 0 amide bonds. The van der Waals surface area contributed by atoms with Crippen molar-refractivity contribution in [1.29, 1.82) is 0 Å². The number of aryl methyl sites for hydroxylation is 1. The van der Waals surface area contributed by atoms with Crippen LogP contribution in [0.3, 0.4) is 0 Å². The molecular weight excluding hydrogens is 881 g/mol. The second-order valence-corrected chi connectivity index (χ2v) is 18.9. The zero-order valence-electron chi connectivity index (χ0n) is 40.5.